The van der Waals surface area contributed by atoms with Gasteiger partial charge in [-0.25, -0.2) is 0 Å². The lowest BCUT2D eigenvalue weighted by molar-refractivity contribution is -0.116. The van der Waals surface area contributed by atoms with Gasteiger partial charge in [-0.15, -0.1) is 16.4 Å². The standard InChI is InChI=1S/C18H17N7O2S2/c1-27-12-6-3-2-5-11(12)15-20-17(23-21-15)19-14(26)8-9-25-16(22-24-18(25)28)13-7-4-10-29-13/h2-7,10H,8-9H2,1H3,(H,24,28)(H2,19,20,21,23,26). The first-order chi connectivity index (χ1) is 14.2. The highest BCUT2D eigenvalue weighted by atomic mass is 32.1. The first-order valence-corrected chi connectivity index (χ1v) is 9.99. The summed E-state index contributed by atoms with van der Waals surface area (Å²) < 4.78 is 7.60. The fourth-order valence-electron chi connectivity index (χ4n) is 2.80. The smallest absolute Gasteiger partial charge is 0.249 e. The lowest BCUT2D eigenvalue weighted by atomic mass is 10.2. The van der Waals surface area contributed by atoms with Crippen LogP contribution in [0.1, 0.15) is 6.42 Å². The second-order valence-corrected chi connectivity index (χ2v) is 7.32. The number of para-hydroxylation sites is 1. The van der Waals surface area contributed by atoms with Gasteiger partial charge in [0.2, 0.25) is 11.9 Å². The predicted octanol–water partition coefficient (Wildman–Crippen LogP) is 3.49. The van der Waals surface area contributed by atoms with Crippen molar-refractivity contribution < 1.29 is 9.53 Å². The molecule has 0 spiro atoms. The summed E-state index contributed by atoms with van der Waals surface area (Å²) >= 11 is 6.85. The van der Waals surface area contributed by atoms with Gasteiger partial charge in [-0.2, -0.15) is 10.1 Å². The highest BCUT2D eigenvalue weighted by Gasteiger charge is 2.14. The summed E-state index contributed by atoms with van der Waals surface area (Å²) in [6.45, 7) is 0.387. The zero-order valence-electron chi connectivity index (χ0n) is 15.4. The number of anilines is 1. The Balaban J connectivity index is 1.42. The largest absolute Gasteiger partial charge is 0.496 e. The van der Waals surface area contributed by atoms with Crippen LogP contribution in [0.4, 0.5) is 5.95 Å². The van der Waals surface area contributed by atoms with Gasteiger partial charge in [0.15, 0.2) is 16.4 Å². The van der Waals surface area contributed by atoms with Crippen molar-refractivity contribution in [2.45, 2.75) is 13.0 Å². The Kier molecular flexibility index (Phi) is 5.49. The molecule has 0 aliphatic carbocycles. The Morgan fingerprint density at radius 1 is 1.24 bits per heavy atom. The third kappa shape index (κ3) is 4.10. The number of rotatable bonds is 7. The molecule has 0 aliphatic rings. The number of benzene rings is 1. The van der Waals surface area contributed by atoms with Crippen LogP contribution in [0.25, 0.3) is 22.1 Å². The number of amides is 1. The minimum Gasteiger partial charge on any atom is -0.496 e. The molecule has 0 atom stereocenters. The topological polar surface area (TPSA) is 114 Å². The van der Waals surface area contributed by atoms with Gasteiger partial charge in [0.25, 0.3) is 0 Å². The minimum absolute atomic E-state index is 0.199. The van der Waals surface area contributed by atoms with E-state index in [-0.39, 0.29) is 18.3 Å². The molecule has 4 rings (SSSR count). The van der Waals surface area contributed by atoms with Crippen LogP contribution in [0.15, 0.2) is 41.8 Å². The first-order valence-electron chi connectivity index (χ1n) is 8.70. The SMILES string of the molecule is COc1ccccc1-c1nc(NC(=O)CCn2c(-c3cccs3)n[nH]c2=S)n[nH]1. The molecule has 3 aromatic heterocycles. The normalized spacial score (nSPS) is 10.8. The summed E-state index contributed by atoms with van der Waals surface area (Å²) in [6, 6.07) is 11.3. The molecule has 3 N–H and O–H groups in total. The Labute approximate surface area is 174 Å². The van der Waals surface area contributed by atoms with E-state index in [9.17, 15) is 4.79 Å². The van der Waals surface area contributed by atoms with Crippen LogP contribution in [0.3, 0.4) is 0 Å². The Hall–Kier alpha value is -3.31. The number of nitrogens with zero attached hydrogens (tertiary/aromatic N) is 4. The first kappa shape index (κ1) is 19.0. The number of carbonyl (C=O) groups excluding carboxylic acids is 1. The fourth-order valence-corrected chi connectivity index (χ4v) is 3.74. The second kappa shape index (κ2) is 8.37. The van der Waals surface area contributed by atoms with Crippen molar-refractivity contribution in [1.29, 1.82) is 0 Å². The average Bonchev–Trinajstić information content (AvgIpc) is 3.48. The minimum atomic E-state index is -0.226. The van der Waals surface area contributed by atoms with Gasteiger partial charge in [-0.3, -0.25) is 24.9 Å². The highest BCUT2D eigenvalue weighted by Crippen LogP contribution is 2.27. The number of hydrogen-bond donors (Lipinski definition) is 3. The summed E-state index contributed by atoms with van der Waals surface area (Å²) in [5.41, 5.74) is 0.758. The lowest BCUT2D eigenvalue weighted by Crippen LogP contribution is -2.15. The third-order valence-corrected chi connectivity index (χ3v) is 5.34. The fraction of sp³-hybridized carbons (Fsp3) is 0.167. The van der Waals surface area contributed by atoms with Crippen LogP contribution in [-0.4, -0.2) is 43.0 Å². The van der Waals surface area contributed by atoms with Crippen LogP contribution in [0, 0.1) is 4.77 Å². The van der Waals surface area contributed by atoms with Crippen LogP contribution in [0.5, 0.6) is 5.75 Å². The molecule has 9 nitrogen and oxygen atoms in total. The summed E-state index contributed by atoms with van der Waals surface area (Å²) in [6.07, 6.45) is 0.199. The van der Waals surface area contributed by atoms with E-state index in [1.807, 2.05) is 41.8 Å². The maximum Gasteiger partial charge on any atom is 0.249 e. The number of aromatic nitrogens is 6. The Morgan fingerprint density at radius 2 is 2.10 bits per heavy atom. The van der Waals surface area contributed by atoms with E-state index in [0.717, 1.165) is 10.4 Å². The average molecular weight is 428 g/mol. The molecule has 0 saturated heterocycles. The van der Waals surface area contributed by atoms with Crippen molar-refractivity contribution in [3.63, 3.8) is 0 Å². The molecule has 0 radical (unpaired) electrons. The molecule has 3 heterocycles. The van der Waals surface area contributed by atoms with Gasteiger partial charge >= 0.3 is 0 Å². The quantitative estimate of drug-likeness (QED) is 0.389. The summed E-state index contributed by atoms with van der Waals surface area (Å²) in [5, 5.41) is 18.6. The maximum absolute atomic E-state index is 12.4. The van der Waals surface area contributed by atoms with Crippen LogP contribution in [0.2, 0.25) is 0 Å². The predicted molar refractivity (Wildman–Crippen MR) is 112 cm³/mol. The van der Waals surface area contributed by atoms with Crippen molar-refractivity contribution in [2.75, 3.05) is 12.4 Å². The van der Waals surface area contributed by atoms with Gasteiger partial charge < -0.3 is 4.74 Å². The van der Waals surface area contributed by atoms with E-state index >= 15 is 0 Å². The molecule has 1 amide bonds. The number of thiophene rings is 1. The summed E-state index contributed by atoms with van der Waals surface area (Å²) in [4.78, 5) is 17.7. The molecule has 0 bridgehead atoms. The number of H-pyrrole nitrogens is 2. The van der Waals surface area contributed by atoms with E-state index in [4.69, 9.17) is 17.0 Å². The van der Waals surface area contributed by atoms with Gasteiger partial charge in [-0.1, -0.05) is 18.2 Å². The molecule has 0 unspecified atom stereocenters. The molecule has 1 aromatic carbocycles. The van der Waals surface area contributed by atoms with E-state index in [1.165, 1.54) is 0 Å². The van der Waals surface area contributed by atoms with E-state index in [2.05, 4.69) is 30.7 Å². The molecule has 11 heteroatoms. The zero-order chi connectivity index (χ0) is 20.2. The van der Waals surface area contributed by atoms with Gasteiger partial charge in [0.05, 0.1) is 17.6 Å². The molecule has 4 aromatic rings. The van der Waals surface area contributed by atoms with E-state index in [0.29, 0.717) is 28.7 Å². The molecular formula is C18H17N7O2S2. The van der Waals surface area contributed by atoms with Crippen LogP contribution >= 0.6 is 23.6 Å². The number of nitrogens with one attached hydrogen (secondary N) is 3. The molecule has 0 fully saturated rings. The molecular weight excluding hydrogens is 410 g/mol. The van der Waals surface area contributed by atoms with E-state index < -0.39 is 0 Å². The van der Waals surface area contributed by atoms with E-state index in [1.54, 1.807) is 23.0 Å². The van der Waals surface area contributed by atoms with Gasteiger partial charge in [0.1, 0.15) is 5.75 Å². The molecule has 148 valence electrons. The van der Waals surface area contributed by atoms with Gasteiger partial charge in [-0.05, 0) is 35.8 Å². The summed E-state index contributed by atoms with van der Waals surface area (Å²) in [7, 11) is 1.59. The lowest BCUT2D eigenvalue weighted by Gasteiger charge is -2.05. The highest BCUT2D eigenvalue weighted by molar-refractivity contribution is 7.71. The number of hydrogen-bond acceptors (Lipinski definition) is 7. The van der Waals surface area contributed by atoms with Crippen LogP contribution < -0.4 is 10.1 Å². The number of methoxy groups -OCH3 is 1. The zero-order valence-corrected chi connectivity index (χ0v) is 17.0. The molecule has 0 saturated carbocycles. The second-order valence-electron chi connectivity index (χ2n) is 5.99. The monoisotopic (exact) mass is 427 g/mol. The molecule has 0 aliphatic heterocycles. The van der Waals surface area contributed by atoms with Crippen LogP contribution in [-0.2, 0) is 11.3 Å². The number of ether oxygens (including phenoxy) is 1. The van der Waals surface area contributed by atoms with Crippen molar-refractivity contribution in [3.8, 4) is 27.8 Å². The Morgan fingerprint density at radius 3 is 2.90 bits per heavy atom. The van der Waals surface area contributed by atoms with Crippen molar-refractivity contribution >= 4 is 35.4 Å². The Bertz CT molecular complexity index is 1180. The van der Waals surface area contributed by atoms with Crippen molar-refractivity contribution in [2.24, 2.45) is 0 Å². The van der Waals surface area contributed by atoms with Crippen molar-refractivity contribution in [3.05, 3.63) is 46.5 Å². The maximum atomic E-state index is 12.4. The summed E-state index contributed by atoms with van der Waals surface area (Å²) in [5.74, 6) is 1.86. The number of aromatic amines is 2. The number of carbonyl (C=O) groups is 1. The third-order valence-electron chi connectivity index (χ3n) is 4.16. The molecule has 29 heavy (non-hydrogen) atoms. The van der Waals surface area contributed by atoms with Crippen molar-refractivity contribution in [1.82, 2.24) is 29.9 Å². The van der Waals surface area contributed by atoms with Gasteiger partial charge in [0, 0.05) is 13.0 Å².